The lowest BCUT2D eigenvalue weighted by atomic mass is 10.1. The molecule has 1 unspecified atom stereocenters. The van der Waals surface area contributed by atoms with Crippen molar-refractivity contribution in [2.75, 3.05) is 30.4 Å². The van der Waals surface area contributed by atoms with Crippen LogP contribution in [-0.2, 0) is 11.2 Å². The summed E-state index contributed by atoms with van der Waals surface area (Å²) < 4.78 is 5.48. The van der Waals surface area contributed by atoms with Crippen molar-refractivity contribution < 1.29 is 4.74 Å². The Kier molecular flexibility index (Phi) is 5.42. The van der Waals surface area contributed by atoms with Crippen LogP contribution in [0.1, 0.15) is 30.5 Å². The van der Waals surface area contributed by atoms with E-state index >= 15 is 0 Å². The molecule has 7 nitrogen and oxygen atoms in total. The minimum Gasteiger partial charge on any atom is -0.379 e. The van der Waals surface area contributed by atoms with Crippen molar-refractivity contribution in [3.05, 3.63) is 29.8 Å². The normalized spacial score (nSPS) is 17.9. The van der Waals surface area contributed by atoms with Gasteiger partial charge in [0.1, 0.15) is 18.0 Å². The standard InChI is InChI=1S/C16H24N6O/c1-12-13(9-20-22-12)4-2-6-17-15-8-16(19-11-18-15)21-14-5-3-7-23-10-14/h8-9,11,14H,2-7,10H2,1H3,(H,20,22)(H2,17,18,19,21). The Hall–Kier alpha value is -2.15. The third-order valence-corrected chi connectivity index (χ3v) is 4.04. The molecular weight excluding hydrogens is 292 g/mol. The van der Waals surface area contributed by atoms with Crippen LogP contribution >= 0.6 is 0 Å². The summed E-state index contributed by atoms with van der Waals surface area (Å²) in [6.45, 7) is 4.53. The minimum atomic E-state index is 0.343. The van der Waals surface area contributed by atoms with Crippen LogP contribution in [-0.4, -0.2) is 46.0 Å². The molecule has 0 radical (unpaired) electrons. The fourth-order valence-corrected chi connectivity index (χ4v) is 2.72. The topological polar surface area (TPSA) is 87.8 Å². The second kappa shape index (κ2) is 7.92. The van der Waals surface area contributed by atoms with Crippen molar-refractivity contribution in [1.82, 2.24) is 20.2 Å². The smallest absolute Gasteiger partial charge is 0.131 e. The zero-order chi connectivity index (χ0) is 15.9. The molecule has 3 rings (SSSR count). The molecule has 2 aromatic rings. The number of aromatic nitrogens is 4. The van der Waals surface area contributed by atoms with Crippen LogP contribution in [0.5, 0.6) is 0 Å². The predicted octanol–water partition coefficient (Wildman–Crippen LogP) is 2.14. The third kappa shape index (κ3) is 4.66. The van der Waals surface area contributed by atoms with E-state index in [1.165, 1.54) is 5.56 Å². The summed E-state index contributed by atoms with van der Waals surface area (Å²) in [6.07, 6.45) is 7.75. The zero-order valence-corrected chi connectivity index (χ0v) is 13.5. The Morgan fingerprint density at radius 1 is 1.35 bits per heavy atom. The summed E-state index contributed by atoms with van der Waals surface area (Å²) in [7, 11) is 0. The van der Waals surface area contributed by atoms with Gasteiger partial charge in [0.2, 0.25) is 0 Å². The molecule has 0 aliphatic carbocycles. The molecule has 0 saturated carbocycles. The van der Waals surface area contributed by atoms with E-state index in [0.717, 1.165) is 62.8 Å². The lowest BCUT2D eigenvalue weighted by Crippen LogP contribution is -2.30. The highest BCUT2D eigenvalue weighted by atomic mass is 16.5. The third-order valence-electron chi connectivity index (χ3n) is 4.04. The van der Waals surface area contributed by atoms with Gasteiger partial charge in [-0.2, -0.15) is 5.10 Å². The number of nitrogens with one attached hydrogen (secondary N) is 3. The molecule has 7 heteroatoms. The van der Waals surface area contributed by atoms with Gasteiger partial charge in [-0.05, 0) is 38.2 Å². The maximum absolute atomic E-state index is 5.48. The largest absolute Gasteiger partial charge is 0.379 e. The van der Waals surface area contributed by atoms with Crippen molar-refractivity contribution in [3.63, 3.8) is 0 Å². The average Bonchev–Trinajstić information content (AvgIpc) is 2.98. The maximum Gasteiger partial charge on any atom is 0.131 e. The fraction of sp³-hybridized carbons (Fsp3) is 0.562. The SMILES string of the molecule is Cc1[nH]ncc1CCCNc1cc(NC2CCCOC2)ncn1. The van der Waals surface area contributed by atoms with E-state index in [-0.39, 0.29) is 0 Å². The Labute approximate surface area is 136 Å². The van der Waals surface area contributed by atoms with Gasteiger partial charge in [-0.1, -0.05) is 0 Å². The number of hydrogen-bond acceptors (Lipinski definition) is 6. The summed E-state index contributed by atoms with van der Waals surface area (Å²) in [4.78, 5) is 8.56. The van der Waals surface area contributed by atoms with Crippen molar-refractivity contribution in [1.29, 1.82) is 0 Å². The highest BCUT2D eigenvalue weighted by Gasteiger charge is 2.14. The number of anilines is 2. The number of nitrogens with zero attached hydrogens (tertiary/aromatic N) is 3. The molecule has 0 spiro atoms. The van der Waals surface area contributed by atoms with Gasteiger partial charge in [-0.25, -0.2) is 9.97 Å². The first-order valence-corrected chi connectivity index (χ1v) is 8.20. The number of aryl methyl sites for hydroxylation is 2. The van der Waals surface area contributed by atoms with E-state index in [4.69, 9.17) is 4.74 Å². The molecule has 3 heterocycles. The lowest BCUT2D eigenvalue weighted by Gasteiger charge is -2.23. The molecule has 2 aromatic heterocycles. The number of ether oxygens (including phenoxy) is 1. The first-order chi connectivity index (χ1) is 11.3. The van der Waals surface area contributed by atoms with E-state index in [1.807, 2.05) is 19.2 Å². The number of H-pyrrole nitrogens is 1. The minimum absolute atomic E-state index is 0.343. The molecule has 124 valence electrons. The zero-order valence-electron chi connectivity index (χ0n) is 13.5. The summed E-state index contributed by atoms with van der Waals surface area (Å²) in [6, 6.07) is 2.30. The van der Waals surface area contributed by atoms with E-state index in [9.17, 15) is 0 Å². The maximum atomic E-state index is 5.48. The molecule has 1 aliphatic heterocycles. The molecule has 0 amide bonds. The Balaban J connectivity index is 1.44. The average molecular weight is 316 g/mol. The van der Waals surface area contributed by atoms with Gasteiger partial charge in [0, 0.05) is 24.9 Å². The van der Waals surface area contributed by atoms with Gasteiger partial charge in [0.05, 0.1) is 18.8 Å². The molecule has 1 fully saturated rings. The number of hydrogen-bond donors (Lipinski definition) is 3. The van der Waals surface area contributed by atoms with Crippen LogP contribution in [0.2, 0.25) is 0 Å². The van der Waals surface area contributed by atoms with Crippen LogP contribution < -0.4 is 10.6 Å². The van der Waals surface area contributed by atoms with Crippen LogP contribution in [0.3, 0.4) is 0 Å². The highest BCUT2D eigenvalue weighted by molar-refractivity contribution is 5.46. The van der Waals surface area contributed by atoms with Gasteiger partial charge in [-0.15, -0.1) is 0 Å². The summed E-state index contributed by atoms with van der Waals surface area (Å²) in [5, 5.41) is 13.8. The summed E-state index contributed by atoms with van der Waals surface area (Å²) >= 11 is 0. The molecule has 1 aliphatic rings. The van der Waals surface area contributed by atoms with E-state index < -0.39 is 0 Å². The molecule has 23 heavy (non-hydrogen) atoms. The Morgan fingerprint density at radius 2 is 2.26 bits per heavy atom. The van der Waals surface area contributed by atoms with Crippen LogP contribution in [0, 0.1) is 6.92 Å². The molecule has 0 bridgehead atoms. The summed E-state index contributed by atoms with van der Waals surface area (Å²) in [5.74, 6) is 1.70. The number of aromatic amines is 1. The molecular formula is C16H24N6O. The van der Waals surface area contributed by atoms with Crippen LogP contribution in [0.15, 0.2) is 18.6 Å². The molecule has 1 saturated heterocycles. The van der Waals surface area contributed by atoms with Crippen LogP contribution in [0.4, 0.5) is 11.6 Å². The summed E-state index contributed by atoms with van der Waals surface area (Å²) in [5.41, 5.74) is 2.42. The Bertz CT molecular complexity index is 608. The number of rotatable bonds is 7. The van der Waals surface area contributed by atoms with E-state index in [0.29, 0.717) is 6.04 Å². The lowest BCUT2D eigenvalue weighted by molar-refractivity contribution is 0.0875. The van der Waals surface area contributed by atoms with Crippen molar-refractivity contribution in [2.24, 2.45) is 0 Å². The van der Waals surface area contributed by atoms with Crippen LogP contribution in [0.25, 0.3) is 0 Å². The van der Waals surface area contributed by atoms with Gasteiger partial charge >= 0.3 is 0 Å². The molecule has 3 N–H and O–H groups in total. The quantitative estimate of drug-likeness (QED) is 0.678. The highest BCUT2D eigenvalue weighted by Crippen LogP contribution is 2.14. The van der Waals surface area contributed by atoms with Gasteiger partial charge in [0.25, 0.3) is 0 Å². The first kappa shape index (κ1) is 15.7. The van der Waals surface area contributed by atoms with Gasteiger partial charge in [0.15, 0.2) is 0 Å². The second-order valence-electron chi connectivity index (χ2n) is 5.90. The first-order valence-electron chi connectivity index (χ1n) is 8.20. The van der Waals surface area contributed by atoms with Crippen molar-refractivity contribution in [2.45, 2.75) is 38.6 Å². The van der Waals surface area contributed by atoms with Crippen molar-refractivity contribution in [3.8, 4) is 0 Å². The van der Waals surface area contributed by atoms with Crippen molar-refractivity contribution >= 4 is 11.6 Å². The Morgan fingerprint density at radius 3 is 3.04 bits per heavy atom. The molecule has 0 aromatic carbocycles. The van der Waals surface area contributed by atoms with Gasteiger partial charge in [-0.3, -0.25) is 5.10 Å². The fourth-order valence-electron chi connectivity index (χ4n) is 2.72. The van der Waals surface area contributed by atoms with E-state index in [2.05, 4.69) is 30.8 Å². The molecule has 1 atom stereocenters. The second-order valence-corrected chi connectivity index (χ2v) is 5.90. The van der Waals surface area contributed by atoms with Gasteiger partial charge < -0.3 is 15.4 Å². The van der Waals surface area contributed by atoms with E-state index in [1.54, 1.807) is 6.33 Å². The monoisotopic (exact) mass is 316 g/mol. The predicted molar refractivity (Wildman–Crippen MR) is 89.6 cm³/mol.